The molecule has 0 aliphatic carbocycles. The molecule has 1 aromatic heterocycles. The molecule has 6 heteroatoms. The van der Waals surface area contributed by atoms with Crippen molar-refractivity contribution in [2.45, 2.75) is 40.8 Å². The van der Waals surface area contributed by atoms with Crippen molar-refractivity contribution in [3.63, 3.8) is 0 Å². The van der Waals surface area contributed by atoms with E-state index < -0.39 is 0 Å². The second-order valence-corrected chi connectivity index (χ2v) is 7.25. The van der Waals surface area contributed by atoms with Crippen molar-refractivity contribution in [2.75, 3.05) is 19.6 Å². The van der Waals surface area contributed by atoms with E-state index in [0.29, 0.717) is 6.54 Å². The molecule has 0 saturated heterocycles. The number of carbonyl (C=O) groups excluding carboxylic acids is 1. The van der Waals surface area contributed by atoms with Gasteiger partial charge in [-0.05, 0) is 62.4 Å². The second-order valence-electron chi connectivity index (χ2n) is 6.25. The summed E-state index contributed by atoms with van der Waals surface area (Å²) in [4.78, 5) is 20.2. The molecule has 0 bridgehead atoms. The highest BCUT2D eigenvalue weighted by Gasteiger charge is 2.11. The first-order valence-electron chi connectivity index (χ1n) is 9.52. The van der Waals surface area contributed by atoms with Crippen LogP contribution in [0.2, 0.25) is 0 Å². The van der Waals surface area contributed by atoms with Gasteiger partial charge in [0.2, 0.25) is 0 Å². The number of rotatable bonds is 8. The molecule has 0 atom stereocenters. The average Bonchev–Trinajstić information content (AvgIpc) is 3.10. The van der Waals surface area contributed by atoms with Gasteiger partial charge in [0.05, 0.1) is 13.1 Å². The monoisotopic (exact) mass is 386 g/mol. The van der Waals surface area contributed by atoms with Crippen molar-refractivity contribution >= 4 is 23.2 Å². The number of amides is 1. The number of thiophene rings is 1. The standard InChI is InChI=1S/C21H30N4OS/c1-5-22-21(24-15-19-16(4)12-13-27-19)23-14-17-8-10-18(11-9-17)20(26)25(6-2)7-3/h8-13H,5-7,14-15H2,1-4H3,(H2,22,23,24). The van der Waals surface area contributed by atoms with Gasteiger partial charge in [0, 0.05) is 30.1 Å². The van der Waals surface area contributed by atoms with Crippen LogP contribution in [-0.4, -0.2) is 36.4 Å². The van der Waals surface area contributed by atoms with Crippen LogP contribution in [-0.2, 0) is 13.1 Å². The number of guanidine groups is 1. The smallest absolute Gasteiger partial charge is 0.253 e. The summed E-state index contributed by atoms with van der Waals surface area (Å²) in [5.41, 5.74) is 3.11. The van der Waals surface area contributed by atoms with Crippen LogP contribution in [0, 0.1) is 6.92 Å². The van der Waals surface area contributed by atoms with Gasteiger partial charge in [-0.15, -0.1) is 11.3 Å². The molecule has 0 unspecified atom stereocenters. The van der Waals surface area contributed by atoms with Gasteiger partial charge in [-0.3, -0.25) is 4.79 Å². The molecule has 0 aliphatic heterocycles. The number of aryl methyl sites for hydroxylation is 1. The van der Waals surface area contributed by atoms with Gasteiger partial charge in [0.25, 0.3) is 5.91 Å². The predicted molar refractivity (Wildman–Crippen MR) is 114 cm³/mol. The van der Waals surface area contributed by atoms with E-state index in [1.54, 1.807) is 11.3 Å². The maximum absolute atomic E-state index is 12.4. The highest BCUT2D eigenvalue weighted by atomic mass is 32.1. The van der Waals surface area contributed by atoms with Gasteiger partial charge in [-0.1, -0.05) is 12.1 Å². The van der Waals surface area contributed by atoms with Crippen molar-refractivity contribution in [1.29, 1.82) is 0 Å². The highest BCUT2D eigenvalue weighted by molar-refractivity contribution is 7.10. The van der Waals surface area contributed by atoms with Gasteiger partial charge in [0.15, 0.2) is 5.96 Å². The molecular weight excluding hydrogens is 356 g/mol. The molecule has 2 aromatic rings. The Labute approximate surface area is 166 Å². The molecule has 5 nitrogen and oxygen atoms in total. The van der Waals surface area contributed by atoms with Crippen LogP contribution >= 0.6 is 11.3 Å². The molecule has 2 N–H and O–H groups in total. The van der Waals surface area contributed by atoms with Crippen LogP contribution in [0.1, 0.15) is 47.1 Å². The molecule has 0 saturated carbocycles. The van der Waals surface area contributed by atoms with E-state index in [-0.39, 0.29) is 5.91 Å². The lowest BCUT2D eigenvalue weighted by molar-refractivity contribution is 0.0773. The molecule has 0 radical (unpaired) electrons. The van der Waals surface area contributed by atoms with Gasteiger partial charge in [-0.2, -0.15) is 0 Å². The molecule has 0 spiro atoms. The molecule has 1 heterocycles. The molecule has 27 heavy (non-hydrogen) atoms. The lowest BCUT2D eigenvalue weighted by Gasteiger charge is -2.18. The average molecular weight is 387 g/mol. The summed E-state index contributed by atoms with van der Waals surface area (Å²) in [6.07, 6.45) is 0. The summed E-state index contributed by atoms with van der Waals surface area (Å²) in [5.74, 6) is 0.880. The zero-order chi connectivity index (χ0) is 19.6. The van der Waals surface area contributed by atoms with Crippen molar-refractivity contribution < 1.29 is 4.79 Å². The fourth-order valence-corrected chi connectivity index (χ4v) is 3.55. The normalized spacial score (nSPS) is 11.3. The summed E-state index contributed by atoms with van der Waals surface area (Å²) in [5, 5.41) is 8.77. The van der Waals surface area contributed by atoms with E-state index in [4.69, 9.17) is 0 Å². The number of aliphatic imine (C=N–C) groups is 1. The lowest BCUT2D eigenvalue weighted by Crippen LogP contribution is -2.36. The van der Waals surface area contributed by atoms with Crippen molar-refractivity contribution in [1.82, 2.24) is 15.5 Å². The van der Waals surface area contributed by atoms with E-state index in [0.717, 1.165) is 43.3 Å². The van der Waals surface area contributed by atoms with Gasteiger partial charge in [0.1, 0.15) is 0 Å². The maximum Gasteiger partial charge on any atom is 0.253 e. The summed E-state index contributed by atoms with van der Waals surface area (Å²) >= 11 is 1.75. The first-order chi connectivity index (χ1) is 13.1. The second kappa shape index (κ2) is 10.7. The molecule has 2 rings (SSSR count). The summed E-state index contributed by atoms with van der Waals surface area (Å²) in [6, 6.07) is 9.87. The molecular formula is C21H30N4OS. The van der Waals surface area contributed by atoms with E-state index in [1.165, 1.54) is 10.4 Å². The number of nitrogens with zero attached hydrogens (tertiary/aromatic N) is 2. The van der Waals surface area contributed by atoms with Gasteiger partial charge < -0.3 is 15.5 Å². The Morgan fingerprint density at radius 1 is 1.07 bits per heavy atom. The Bertz CT molecular complexity index is 748. The van der Waals surface area contributed by atoms with Crippen molar-refractivity contribution in [3.8, 4) is 0 Å². The Balaban J connectivity index is 1.98. The number of benzene rings is 1. The van der Waals surface area contributed by atoms with Crippen LogP contribution in [0.15, 0.2) is 40.7 Å². The highest BCUT2D eigenvalue weighted by Crippen LogP contribution is 2.14. The van der Waals surface area contributed by atoms with E-state index in [9.17, 15) is 4.79 Å². The third-order valence-corrected chi connectivity index (χ3v) is 5.42. The van der Waals surface area contributed by atoms with E-state index in [1.807, 2.05) is 43.0 Å². The number of hydrogen-bond acceptors (Lipinski definition) is 3. The number of carbonyl (C=O) groups is 1. The fraction of sp³-hybridized carbons (Fsp3) is 0.429. The van der Waals surface area contributed by atoms with Crippen LogP contribution in [0.25, 0.3) is 0 Å². The molecule has 0 fully saturated rings. The van der Waals surface area contributed by atoms with Crippen molar-refractivity contribution in [2.24, 2.45) is 4.99 Å². The number of hydrogen-bond donors (Lipinski definition) is 2. The zero-order valence-electron chi connectivity index (χ0n) is 16.7. The van der Waals surface area contributed by atoms with Crippen LogP contribution in [0.3, 0.4) is 0 Å². The summed E-state index contributed by atoms with van der Waals surface area (Å²) < 4.78 is 0. The largest absolute Gasteiger partial charge is 0.357 e. The van der Waals surface area contributed by atoms with Crippen LogP contribution < -0.4 is 10.6 Å². The van der Waals surface area contributed by atoms with Crippen LogP contribution in [0.4, 0.5) is 0 Å². The Morgan fingerprint density at radius 3 is 2.33 bits per heavy atom. The molecule has 1 amide bonds. The third-order valence-electron chi connectivity index (χ3n) is 4.40. The van der Waals surface area contributed by atoms with Gasteiger partial charge >= 0.3 is 0 Å². The first-order valence-corrected chi connectivity index (χ1v) is 10.4. The van der Waals surface area contributed by atoms with E-state index in [2.05, 4.69) is 40.9 Å². The minimum Gasteiger partial charge on any atom is -0.357 e. The predicted octanol–water partition coefficient (Wildman–Crippen LogP) is 3.79. The van der Waals surface area contributed by atoms with Crippen LogP contribution in [0.5, 0.6) is 0 Å². The Hall–Kier alpha value is -2.34. The molecule has 1 aromatic carbocycles. The molecule has 0 aliphatic rings. The first kappa shape index (κ1) is 21.0. The topological polar surface area (TPSA) is 56.7 Å². The SMILES string of the molecule is CCNC(=NCc1ccc(C(=O)N(CC)CC)cc1)NCc1sccc1C. The Kier molecular flexibility index (Phi) is 8.33. The summed E-state index contributed by atoms with van der Waals surface area (Å²) in [6.45, 7) is 11.8. The zero-order valence-corrected chi connectivity index (χ0v) is 17.5. The quantitative estimate of drug-likeness (QED) is 0.536. The van der Waals surface area contributed by atoms with E-state index >= 15 is 0 Å². The lowest BCUT2D eigenvalue weighted by atomic mass is 10.1. The van der Waals surface area contributed by atoms with Gasteiger partial charge in [-0.25, -0.2) is 4.99 Å². The maximum atomic E-state index is 12.4. The fourth-order valence-electron chi connectivity index (χ4n) is 2.71. The minimum absolute atomic E-state index is 0.0800. The van der Waals surface area contributed by atoms with Crippen molar-refractivity contribution in [3.05, 3.63) is 57.3 Å². The third kappa shape index (κ3) is 6.10. The molecule has 146 valence electrons. The Morgan fingerprint density at radius 2 is 1.78 bits per heavy atom. The number of nitrogens with one attached hydrogen (secondary N) is 2. The minimum atomic E-state index is 0.0800. The summed E-state index contributed by atoms with van der Waals surface area (Å²) in [7, 11) is 0.